The average Bonchev–Trinajstić information content (AvgIpc) is 3.22. The highest BCUT2D eigenvalue weighted by Gasteiger charge is 2.32. The Labute approximate surface area is 165 Å². The minimum Gasteiger partial charge on any atom is -0.468 e. The highest BCUT2D eigenvalue weighted by atomic mass is 32.2. The van der Waals surface area contributed by atoms with Gasteiger partial charge in [-0.15, -0.1) is 0 Å². The number of nitrogens with one attached hydrogen (secondary N) is 1. The summed E-state index contributed by atoms with van der Waals surface area (Å²) in [4.78, 5) is 4.13. The van der Waals surface area contributed by atoms with Gasteiger partial charge >= 0.3 is 6.18 Å². The molecule has 2 heterocycles. The molecule has 2 aromatic heterocycles. The highest BCUT2D eigenvalue weighted by Crippen LogP contribution is 2.31. The molecule has 3 aromatic rings. The fourth-order valence-corrected chi connectivity index (χ4v) is 3.94. The van der Waals surface area contributed by atoms with Crippen LogP contribution >= 0.6 is 0 Å². The maximum atomic E-state index is 12.6. The van der Waals surface area contributed by atoms with E-state index in [4.69, 9.17) is 8.94 Å². The van der Waals surface area contributed by atoms with E-state index in [9.17, 15) is 21.6 Å². The Hall–Kier alpha value is -2.66. The molecule has 0 amide bonds. The van der Waals surface area contributed by atoms with Crippen LogP contribution in [0.1, 0.15) is 37.9 Å². The molecule has 0 saturated heterocycles. The van der Waals surface area contributed by atoms with Crippen LogP contribution in [-0.4, -0.2) is 24.1 Å². The molecule has 0 saturated carbocycles. The van der Waals surface area contributed by atoms with E-state index < -0.39 is 27.3 Å². The van der Waals surface area contributed by atoms with Crippen LogP contribution in [0.4, 0.5) is 13.2 Å². The normalized spacial score (nSPS) is 13.0. The van der Waals surface area contributed by atoms with Crippen molar-refractivity contribution in [2.75, 3.05) is 0 Å². The van der Waals surface area contributed by atoms with E-state index in [2.05, 4.69) is 14.9 Å². The average molecular weight is 429 g/mol. The Morgan fingerprint density at radius 1 is 1.14 bits per heavy atom. The molecular formula is C18H18F3N3O4S. The highest BCUT2D eigenvalue weighted by molar-refractivity contribution is 7.89. The van der Waals surface area contributed by atoms with E-state index in [0.29, 0.717) is 11.8 Å². The molecule has 0 aliphatic heterocycles. The number of alkyl halides is 3. The van der Waals surface area contributed by atoms with Gasteiger partial charge < -0.3 is 8.94 Å². The fourth-order valence-electron chi connectivity index (χ4n) is 2.48. The van der Waals surface area contributed by atoms with E-state index in [1.165, 1.54) is 18.2 Å². The number of hydrogen-bond donors (Lipinski definition) is 1. The first-order valence-corrected chi connectivity index (χ1v) is 9.93. The zero-order valence-electron chi connectivity index (χ0n) is 15.7. The van der Waals surface area contributed by atoms with Gasteiger partial charge in [-0.05, 0) is 45.0 Å². The van der Waals surface area contributed by atoms with Gasteiger partial charge in [0, 0.05) is 11.1 Å². The van der Waals surface area contributed by atoms with Crippen LogP contribution < -0.4 is 4.72 Å². The summed E-state index contributed by atoms with van der Waals surface area (Å²) in [6.45, 7) is 5.16. The second-order valence-corrected chi connectivity index (χ2v) is 9.06. The van der Waals surface area contributed by atoms with Crippen molar-refractivity contribution in [1.29, 1.82) is 0 Å². The molecule has 7 nitrogen and oxygen atoms in total. The van der Waals surface area contributed by atoms with Crippen molar-refractivity contribution in [3.63, 3.8) is 0 Å². The van der Waals surface area contributed by atoms with Crippen LogP contribution in [0.3, 0.4) is 0 Å². The topological polar surface area (TPSA) is 98.2 Å². The van der Waals surface area contributed by atoms with E-state index in [-0.39, 0.29) is 28.8 Å². The monoisotopic (exact) mass is 429 g/mol. The molecule has 3 rings (SSSR count). The smallest absolute Gasteiger partial charge is 0.419 e. The van der Waals surface area contributed by atoms with E-state index >= 15 is 0 Å². The molecule has 29 heavy (non-hydrogen) atoms. The number of furan rings is 1. The molecule has 0 spiro atoms. The maximum absolute atomic E-state index is 12.6. The summed E-state index contributed by atoms with van der Waals surface area (Å²) in [5.41, 5.74) is -1.21. The quantitative estimate of drug-likeness (QED) is 0.658. The minimum atomic E-state index is -4.50. The largest absolute Gasteiger partial charge is 0.468 e. The molecule has 1 aromatic carbocycles. The minimum absolute atomic E-state index is 0.0190. The van der Waals surface area contributed by atoms with Crippen LogP contribution in [0.25, 0.3) is 11.5 Å². The predicted octanol–water partition coefficient (Wildman–Crippen LogP) is 4.02. The van der Waals surface area contributed by atoms with Gasteiger partial charge in [0.25, 0.3) is 5.89 Å². The third-order valence-electron chi connectivity index (χ3n) is 3.61. The van der Waals surface area contributed by atoms with E-state index in [0.717, 1.165) is 6.07 Å². The first-order chi connectivity index (χ1) is 13.3. The van der Waals surface area contributed by atoms with Crippen LogP contribution in [-0.2, 0) is 22.6 Å². The lowest BCUT2D eigenvalue weighted by Crippen LogP contribution is -2.40. The predicted molar refractivity (Wildman–Crippen MR) is 96.3 cm³/mol. The van der Waals surface area contributed by atoms with Crippen LogP contribution in [0.2, 0.25) is 0 Å². The third-order valence-corrected chi connectivity index (χ3v) is 5.37. The number of nitrogens with zero attached hydrogens (tertiary/aromatic N) is 2. The molecule has 0 unspecified atom stereocenters. The number of aromatic nitrogens is 2. The first-order valence-electron chi connectivity index (χ1n) is 8.45. The van der Waals surface area contributed by atoms with Gasteiger partial charge in [0.2, 0.25) is 10.0 Å². The Morgan fingerprint density at radius 3 is 2.48 bits per heavy atom. The summed E-state index contributed by atoms with van der Waals surface area (Å²) < 4.78 is 75.4. The van der Waals surface area contributed by atoms with Gasteiger partial charge in [-0.3, -0.25) is 0 Å². The van der Waals surface area contributed by atoms with Gasteiger partial charge in [0.15, 0.2) is 5.82 Å². The zero-order valence-corrected chi connectivity index (χ0v) is 16.6. The molecule has 0 bridgehead atoms. The van der Waals surface area contributed by atoms with Gasteiger partial charge in [-0.2, -0.15) is 18.2 Å². The standard InChI is InChI=1S/C18H18F3N3O4S/c1-17(2,3)24-29(25,26)14-6-4-5-11(7-14)16-22-15(23-28-16)9-13-8-12(10-27-13)18(19,20)21/h4-8,10,24H,9H2,1-3H3. The molecule has 156 valence electrons. The zero-order chi connectivity index (χ0) is 21.4. The molecule has 11 heteroatoms. The molecule has 1 N–H and O–H groups in total. The Bertz CT molecular complexity index is 1110. The van der Waals surface area contributed by atoms with Gasteiger partial charge in [0.1, 0.15) is 12.0 Å². The number of halogens is 3. The first kappa shape index (κ1) is 21.1. The molecule has 0 aliphatic rings. The van der Waals surface area contributed by atoms with Gasteiger partial charge in [-0.25, -0.2) is 13.1 Å². The number of benzene rings is 1. The molecule has 0 fully saturated rings. The van der Waals surface area contributed by atoms with Crippen LogP contribution in [0.5, 0.6) is 0 Å². The Balaban J connectivity index is 1.81. The lowest BCUT2D eigenvalue weighted by Gasteiger charge is -2.20. The molecule has 0 radical (unpaired) electrons. The van der Waals surface area contributed by atoms with Crippen molar-refractivity contribution < 1.29 is 30.5 Å². The van der Waals surface area contributed by atoms with Crippen molar-refractivity contribution >= 4 is 10.0 Å². The Kier molecular flexibility index (Phi) is 5.30. The molecule has 0 aliphatic carbocycles. The second kappa shape index (κ2) is 7.30. The van der Waals surface area contributed by atoms with E-state index in [1.807, 2.05) is 0 Å². The molecular weight excluding hydrogens is 411 g/mol. The van der Waals surface area contributed by atoms with E-state index in [1.54, 1.807) is 26.8 Å². The van der Waals surface area contributed by atoms with Gasteiger partial charge in [-0.1, -0.05) is 11.2 Å². The van der Waals surface area contributed by atoms with Crippen LogP contribution in [0, 0.1) is 0 Å². The summed E-state index contributed by atoms with van der Waals surface area (Å²) in [6, 6.07) is 6.78. The SMILES string of the molecule is CC(C)(C)NS(=O)(=O)c1cccc(-c2nc(Cc3cc(C(F)(F)F)co3)no2)c1. The lowest BCUT2D eigenvalue weighted by atomic mass is 10.1. The number of hydrogen-bond acceptors (Lipinski definition) is 6. The number of sulfonamides is 1. The second-order valence-electron chi connectivity index (χ2n) is 7.38. The summed E-state index contributed by atoms with van der Waals surface area (Å²) >= 11 is 0. The van der Waals surface area contributed by atoms with Crippen molar-refractivity contribution in [2.45, 2.75) is 43.8 Å². The maximum Gasteiger partial charge on any atom is 0.419 e. The summed E-state index contributed by atoms with van der Waals surface area (Å²) in [7, 11) is -3.76. The van der Waals surface area contributed by atoms with Crippen molar-refractivity contribution in [1.82, 2.24) is 14.9 Å². The fraction of sp³-hybridized carbons (Fsp3) is 0.333. The van der Waals surface area contributed by atoms with Crippen molar-refractivity contribution in [3.05, 3.63) is 53.7 Å². The summed E-state index contributed by atoms with van der Waals surface area (Å²) in [5.74, 6) is 0.162. The lowest BCUT2D eigenvalue weighted by molar-refractivity contribution is -0.137. The summed E-state index contributed by atoms with van der Waals surface area (Å²) in [6.07, 6.45) is -3.99. The number of rotatable bonds is 5. The van der Waals surface area contributed by atoms with Crippen molar-refractivity contribution in [3.8, 4) is 11.5 Å². The van der Waals surface area contributed by atoms with Crippen molar-refractivity contribution in [2.24, 2.45) is 0 Å². The van der Waals surface area contributed by atoms with Gasteiger partial charge in [0.05, 0.1) is 16.9 Å². The van der Waals surface area contributed by atoms with Crippen LogP contribution in [0.15, 0.2) is 50.4 Å². The third kappa shape index (κ3) is 5.24. The Morgan fingerprint density at radius 2 is 1.86 bits per heavy atom. The molecule has 0 atom stereocenters. The summed E-state index contributed by atoms with van der Waals surface area (Å²) in [5, 5.41) is 3.72.